The molecule has 4 aromatic rings. The minimum atomic E-state index is -4.40. The smallest absolute Gasteiger partial charge is 0.266 e. The summed E-state index contributed by atoms with van der Waals surface area (Å²) in [5, 5.41) is 4.19. The number of nitrogens with zero attached hydrogens (tertiary/aromatic N) is 3. The lowest BCUT2D eigenvalue weighted by Gasteiger charge is -2.11. The van der Waals surface area contributed by atoms with Crippen molar-refractivity contribution in [1.82, 2.24) is 14.6 Å². The van der Waals surface area contributed by atoms with E-state index in [1.807, 2.05) is 24.3 Å². The summed E-state index contributed by atoms with van der Waals surface area (Å²) in [5.74, 6) is 0.348. The van der Waals surface area contributed by atoms with Crippen LogP contribution in [0.2, 0.25) is 0 Å². The first-order chi connectivity index (χ1) is 13.8. The van der Waals surface area contributed by atoms with Crippen LogP contribution in [0.4, 0.5) is 13.2 Å². The van der Waals surface area contributed by atoms with Crippen LogP contribution in [0, 0.1) is 0 Å². The standard InChI is InChI=1S/C20H13BrF3N3OS/c21-14-8-5-12(6-9-14)11-16-18(28)27-19(29-16)25-17(26-27)10-7-13-3-1-2-4-15(13)20(22,23)24/h1-6,8-9,11H,7,10H2/b16-11-. The molecule has 0 unspecified atom stereocenters. The number of hydrogen-bond acceptors (Lipinski definition) is 4. The summed E-state index contributed by atoms with van der Waals surface area (Å²) in [5.41, 5.74) is 0.114. The van der Waals surface area contributed by atoms with Crippen LogP contribution in [0.25, 0.3) is 11.0 Å². The third-order valence-corrected chi connectivity index (χ3v) is 5.82. The molecule has 0 spiro atoms. The molecule has 0 aliphatic rings. The molecule has 0 bridgehead atoms. The van der Waals surface area contributed by atoms with Gasteiger partial charge in [-0.2, -0.15) is 17.7 Å². The summed E-state index contributed by atoms with van der Waals surface area (Å²) in [6.07, 6.45) is -2.29. The second-order valence-corrected chi connectivity index (χ2v) is 8.27. The molecule has 4 rings (SSSR count). The topological polar surface area (TPSA) is 47.3 Å². The van der Waals surface area contributed by atoms with Gasteiger partial charge in [0.25, 0.3) is 5.56 Å². The van der Waals surface area contributed by atoms with Crippen molar-refractivity contribution < 1.29 is 13.2 Å². The van der Waals surface area contributed by atoms with E-state index in [2.05, 4.69) is 26.0 Å². The van der Waals surface area contributed by atoms with Gasteiger partial charge in [-0.25, -0.2) is 4.98 Å². The van der Waals surface area contributed by atoms with Gasteiger partial charge < -0.3 is 0 Å². The Morgan fingerprint density at radius 2 is 1.79 bits per heavy atom. The highest BCUT2D eigenvalue weighted by Gasteiger charge is 2.32. The Bertz CT molecular complexity index is 1280. The van der Waals surface area contributed by atoms with E-state index < -0.39 is 11.7 Å². The maximum Gasteiger partial charge on any atom is 0.416 e. The van der Waals surface area contributed by atoms with E-state index in [-0.39, 0.29) is 24.0 Å². The first-order valence-electron chi connectivity index (χ1n) is 8.62. The lowest BCUT2D eigenvalue weighted by atomic mass is 10.0. The van der Waals surface area contributed by atoms with E-state index in [1.54, 1.807) is 12.1 Å². The van der Waals surface area contributed by atoms with Gasteiger partial charge >= 0.3 is 6.18 Å². The Morgan fingerprint density at radius 1 is 1.07 bits per heavy atom. The molecular formula is C20H13BrF3N3OS. The zero-order valence-electron chi connectivity index (χ0n) is 14.8. The van der Waals surface area contributed by atoms with E-state index in [9.17, 15) is 18.0 Å². The molecule has 2 aromatic carbocycles. The number of fused-ring (bicyclic) bond motifs is 1. The fourth-order valence-corrected chi connectivity index (χ4v) is 4.14. The van der Waals surface area contributed by atoms with Crippen LogP contribution in [0.1, 0.15) is 22.5 Å². The van der Waals surface area contributed by atoms with Crippen LogP contribution in [0.5, 0.6) is 0 Å². The van der Waals surface area contributed by atoms with Crippen molar-refractivity contribution in [3.63, 3.8) is 0 Å². The Labute approximate surface area is 175 Å². The Balaban J connectivity index is 1.59. The maximum absolute atomic E-state index is 13.1. The molecule has 29 heavy (non-hydrogen) atoms. The van der Waals surface area contributed by atoms with Crippen molar-refractivity contribution in [3.8, 4) is 0 Å². The first kappa shape index (κ1) is 19.8. The lowest BCUT2D eigenvalue weighted by molar-refractivity contribution is -0.138. The van der Waals surface area contributed by atoms with Crippen LogP contribution in [0.15, 0.2) is 57.8 Å². The average molecular weight is 480 g/mol. The molecule has 0 atom stereocenters. The van der Waals surface area contributed by atoms with Crippen molar-refractivity contribution in [1.29, 1.82) is 0 Å². The van der Waals surface area contributed by atoms with Gasteiger partial charge in [0.2, 0.25) is 4.96 Å². The summed E-state index contributed by atoms with van der Waals surface area (Å²) in [6, 6.07) is 13.0. The number of hydrogen-bond donors (Lipinski definition) is 0. The highest BCUT2D eigenvalue weighted by molar-refractivity contribution is 9.10. The van der Waals surface area contributed by atoms with Gasteiger partial charge in [0.15, 0.2) is 5.82 Å². The van der Waals surface area contributed by atoms with Gasteiger partial charge in [0.05, 0.1) is 10.1 Å². The summed E-state index contributed by atoms with van der Waals surface area (Å²) >= 11 is 4.56. The van der Waals surface area contributed by atoms with Crippen LogP contribution >= 0.6 is 27.3 Å². The molecule has 0 aliphatic heterocycles. The third-order valence-electron chi connectivity index (χ3n) is 4.33. The van der Waals surface area contributed by atoms with Crippen molar-refractivity contribution in [3.05, 3.63) is 90.4 Å². The third kappa shape index (κ3) is 4.25. The number of rotatable bonds is 4. The highest BCUT2D eigenvalue weighted by Crippen LogP contribution is 2.32. The molecule has 0 saturated heterocycles. The van der Waals surface area contributed by atoms with Gasteiger partial charge in [-0.1, -0.05) is 57.6 Å². The molecular weight excluding hydrogens is 467 g/mol. The van der Waals surface area contributed by atoms with E-state index in [0.717, 1.165) is 16.1 Å². The Morgan fingerprint density at radius 3 is 2.48 bits per heavy atom. The fourth-order valence-electron chi connectivity index (χ4n) is 2.95. The van der Waals surface area contributed by atoms with Gasteiger partial charge in [0.1, 0.15) is 0 Å². The quantitative estimate of drug-likeness (QED) is 0.439. The summed E-state index contributed by atoms with van der Waals surface area (Å²) in [7, 11) is 0. The largest absolute Gasteiger partial charge is 0.416 e. The SMILES string of the molecule is O=c1/c(=C/c2ccc(Br)cc2)sc2nc(CCc3ccccc3C(F)(F)F)nn12. The molecule has 0 saturated carbocycles. The zero-order chi connectivity index (χ0) is 20.6. The highest BCUT2D eigenvalue weighted by atomic mass is 79.9. The minimum absolute atomic E-state index is 0.138. The van der Waals surface area contributed by atoms with Gasteiger partial charge in [-0.3, -0.25) is 4.79 Å². The van der Waals surface area contributed by atoms with Crippen molar-refractivity contribution in [2.45, 2.75) is 19.0 Å². The average Bonchev–Trinajstić information content (AvgIpc) is 3.20. The molecule has 9 heteroatoms. The van der Waals surface area contributed by atoms with E-state index in [1.165, 1.54) is 28.0 Å². The normalized spacial score (nSPS) is 12.8. The van der Waals surface area contributed by atoms with Crippen LogP contribution in [0.3, 0.4) is 0 Å². The van der Waals surface area contributed by atoms with E-state index >= 15 is 0 Å². The number of aryl methyl sites for hydroxylation is 2. The fraction of sp³-hybridized carbons (Fsp3) is 0.150. The Hall–Kier alpha value is -2.52. The van der Waals surface area contributed by atoms with E-state index in [4.69, 9.17) is 0 Å². The van der Waals surface area contributed by atoms with Gasteiger partial charge in [-0.15, -0.1) is 5.10 Å². The number of halogens is 4. The van der Waals surface area contributed by atoms with Gasteiger partial charge in [-0.05, 0) is 41.8 Å². The number of benzene rings is 2. The summed E-state index contributed by atoms with van der Waals surface area (Å²) in [4.78, 5) is 17.3. The molecule has 148 valence electrons. The second-order valence-electron chi connectivity index (χ2n) is 6.34. The predicted octanol–water partition coefficient (Wildman–Crippen LogP) is 4.27. The summed E-state index contributed by atoms with van der Waals surface area (Å²) < 4.78 is 42.0. The van der Waals surface area contributed by atoms with Crippen molar-refractivity contribution in [2.24, 2.45) is 0 Å². The van der Waals surface area contributed by atoms with Gasteiger partial charge in [0, 0.05) is 10.9 Å². The molecule has 4 nitrogen and oxygen atoms in total. The van der Waals surface area contributed by atoms with Crippen molar-refractivity contribution >= 4 is 38.3 Å². The minimum Gasteiger partial charge on any atom is -0.266 e. The molecule has 0 fully saturated rings. The summed E-state index contributed by atoms with van der Waals surface area (Å²) in [6.45, 7) is 0. The number of aromatic nitrogens is 3. The predicted molar refractivity (Wildman–Crippen MR) is 109 cm³/mol. The molecule has 2 heterocycles. The second kappa shape index (κ2) is 7.72. The molecule has 0 amide bonds. The zero-order valence-corrected chi connectivity index (χ0v) is 17.2. The maximum atomic E-state index is 13.1. The number of thiazole rings is 1. The Kier molecular flexibility index (Phi) is 5.26. The molecule has 0 N–H and O–H groups in total. The molecule has 0 radical (unpaired) electrons. The molecule has 0 aliphatic carbocycles. The number of alkyl halides is 3. The first-order valence-corrected chi connectivity index (χ1v) is 10.2. The van der Waals surface area contributed by atoms with Crippen LogP contribution < -0.4 is 10.1 Å². The molecule has 2 aromatic heterocycles. The lowest BCUT2D eigenvalue weighted by Crippen LogP contribution is -2.23. The monoisotopic (exact) mass is 479 g/mol. The van der Waals surface area contributed by atoms with Crippen LogP contribution in [-0.2, 0) is 19.0 Å². The van der Waals surface area contributed by atoms with E-state index in [0.29, 0.717) is 15.3 Å². The van der Waals surface area contributed by atoms with Crippen molar-refractivity contribution in [2.75, 3.05) is 0 Å². The van der Waals surface area contributed by atoms with Crippen LogP contribution in [-0.4, -0.2) is 14.6 Å².